The molecule has 1 saturated heterocycles. The Morgan fingerprint density at radius 2 is 2.32 bits per heavy atom. The molecule has 2 heterocycles. The van der Waals surface area contributed by atoms with Crippen LogP contribution in [0.25, 0.3) is 0 Å². The molecule has 19 heavy (non-hydrogen) atoms. The van der Waals surface area contributed by atoms with Crippen LogP contribution in [0.3, 0.4) is 0 Å². The minimum Gasteiger partial charge on any atom is -0.481 e. The summed E-state index contributed by atoms with van der Waals surface area (Å²) in [6, 6.07) is 4.09. The Labute approximate surface area is 114 Å². The fourth-order valence-corrected chi connectivity index (χ4v) is 2.83. The lowest BCUT2D eigenvalue weighted by molar-refractivity contribution is -0.151. The lowest BCUT2D eigenvalue weighted by Crippen LogP contribution is -2.45. The van der Waals surface area contributed by atoms with E-state index in [1.807, 2.05) is 26.0 Å². The summed E-state index contributed by atoms with van der Waals surface area (Å²) in [6.07, 6.45) is 3.72. The molecule has 0 aromatic carbocycles. The van der Waals surface area contributed by atoms with E-state index in [1.54, 1.807) is 6.26 Å². The van der Waals surface area contributed by atoms with Gasteiger partial charge in [0.2, 0.25) is 0 Å². The van der Waals surface area contributed by atoms with Gasteiger partial charge in [-0.2, -0.15) is 0 Å². The molecule has 4 heteroatoms. The maximum atomic E-state index is 11.4. The third-order valence-corrected chi connectivity index (χ3v) is 4.53. The number of likely N-dealkylation sites (tertiary alicyclic amines) is 1. The Bertz CT molecular complexity index is 425. The van der Waals surface area contributed by atoms with Crippen LogP contribution >= 0.6 is 0 Å². The Kier molecular flexibility index (Phi) is 3.99. The highest BCUT2D eigenvalue weighted by atomic mass is 16.4. The monoisotopic (exact) mass is 265 g/mol. The van der Waals surface area contributed by atoms with Crippen molar-refractivity contribution in [2.45, 2.75) is 39.7 Å². The molecule has 1 aromatic heterocycles. The van der Waals surface area contributed by atoms with Gasteiger partial charge < -0.3 is 9.52 Å². The van der Waals surface area contributed by atoms with E-state index in [1.165, 1.54) is 0 Å². The van der Waals surface area contributed by atoms with Crippen molar-refractivity contribution < 1.29 is 14.3 Å². The van der Waals surface area contributed by atoms with Crippen LogP contribution in [0.4, 0.5) is 0 Å². The molecule has 2 unspecified atom stereocenters. The minimum atomic E-state index is -0.704. The minimum absolute atomic E-state index is 0.191. The van der Waals surface area contributed by atoms with E-state index in [2.05, 4.69) is 11.8 Å². The predicted octanol–water partition coefficient (Wildman–Crippen LogP) is 3.16. The second-order valence-corrected chi connectivity index (χ2v) is 6.05. The molecule has 0 spiro atoms. The van der Waals surface area contributed by atoms with Gasteiger partial charge in [-0.3, -0.25) is 9.69 Å². The number of carboxylic acids is 1. The van der Waals surface area contributed by atoms with Crippen molar-refractivity contribution in [3.05, 3.63) is 24.2 Å². The summed E-state index contributed by atoms with van der Waals surface area (Å²) < 4.78 is 5.46. The van der Waals surface area contributed by atoms with Gasteiger partial charge >= 0.3 is 5.97 Å². The normalized spacial score (nSPS) is 23.2. The number of rotatable bonds is 4. The number of carbonyl (C=O) groups is 1. The Hall–Kier alpha value is -1.29. The summed E-state index contributed by atoms with van der Waals surface area (Å²) in [7, 11) is 0. The quantitative estimate of drug-likeness (QED) is 0.908. The van der Waals surface area contributed by atoms with Crippen molar-refractivity contribution in [1.82, 2.24) is 4.90 Å². The van der Waals surface area contributed by atoms with Crippen molar-refractivity contribution in [3.8, 4) is 0 Å². The third-order valence-electron chi connectivity index (χ3n) is 4.53. The second-order valence-electron chi connectivity index (χ2n) is 6.05. The molecule has 1 aliphatic heterocycles. The molecule has 2 atom stereocenters. The molecule has 0 aliphatic carbocycles. The van der Waals surface area contributed by atoms with E-state index >= 15 is 0 Å². The van der Waals surface area contributed by atoms with Crippen LogP contribution in [-0.2, 0) is 4.79 Å². The maximum absolute atomic E-state index is 11.4. The van der Waals surface area contributed by atoms with Crippen LogP contribution in [0.5, 0.6) is 0 Å². The number of hydrogen-bond donors (Lipinski definition) is 1. The average molecular weight is 265 g/mol. The summed E-state index contributed by atoms with van der Waals surface area (Å²) in [4.78, 5) is 13.7. The van der Waals surface area contributed by atoms with Gasteiger partial charge in [0, 0.05) is 6.54 Å². The van der Waals surface area contributed by atoms with E-state index in [-0.39, 0.29) is 12.0 Å². The van der Waals surface area contributed by atoms with E-state index < -0.39 is 11.4 Å². The molecular weight excluding hydrogens is 242 g/mol. The van der Waals surface area contributed by atoms with Crippen molar-refractivity contribution in [2.75, 3.05) is 13.1 Å². The van der Waals surface area contributed by atoms with Crippen LogP contribution in [0.1, 0.15) is 45.4 Å². The molecule has 0 bridgehead atoms. The first-order valence-corrected chi connectivity index (χ1v) is 6.93. The first-order chi connectivity index (χ1) is 8.93. The third kappa shape index (κ3) is 2.84. The summed E-state index contributed by atoms with van der Waals surface area (Å²) >= 11 is 0. The summed E-state index contributed by atoms with van der Waals surface area (Å²) in [5.41, 5.74) is -0.665. The van der Waals surface area contributed by atoms with Crippen molar-refractivity contribution in [2.24, 2.45) is 11.3 Å². The van der Waals surface area contributed by atoms with Gasteiger partial charge in [0.1, 0.15) is 5.76 Å². The van der Waals surface area contributed by atoms with Gasteiger partial charge in [-0.15, -0.1) is 0 Å². The van der Waals surface area contributed by atoms with Crippen molar-refractivity contribution in [3.63, 3.8) is 0 Å². The van der Waals surface area contributed by atoms with Gasteiger partial charge in [0.15, 0.2) is 0 Å². The molecule has 0 saturated carbocycles. The summed E-state index contributed by atoms with van der Waals surface area (Å²) in [5, 5.41) is 9.37. The highest BCUT2D eigenvalue weighted by Gasteiger charge is 2.40. The van der Waals surface area contributed by atoms with E-state index in [0.717, 1.165) is 31.7 Å². The molecule has 1 fully saturated rings. The molecule has 1 aliphatic rings. The largest absolute Gasteiger partial charge is 0.481 e. The molecule has 1 N–H and O–H groups in total. The van der Waals surface area contributed by atoms with Crippen LogP contribution in [0, 0.1) is 11.3 Å². The number of carboxylic acid groups (broad SMARTS) is 1. The zero-order valence-corrected chi connectivity index (χ0v) is 11.9. The van der Waals surface area contributed by atoms with E-state index in [9.17, 15) is 9.90 Å². The van der Waals surface area contributed by atoms with Gasteiger partial charge in [-0.05, 0) is 58.2 Å². The van der Waals surface area contributed by atoms with Gasteiger partial charge in [0.25, 0.3) is 0 Å². The number of piperidine rings is 1. The van der Waals surface area contributed by atoms with Gasteiger partial charge in [-0.1, -0.05) is 0 Å². The molecule has 1 aromatic rings. The van der Waals surface area contributed by atoms with Gasteiger partial charge in [0.05, 0.1) is 17.7 Å². The molecule has 2 rings (SSSR count). The number of furan rings is 1. The SMILES string of the molecule is CC(c1ccco1)N1CCCC(C(C)(C)C(=O)O)C1. The standard InChI is InChI=1S/C15H23NO3/c1-11(13-7-5-9-19-13)16-8-4-6-12(10-16)15(2,3)14(17)18/h5,7,9,11-12H,4,6,8,10H2,1-3H3,(H,17,18). The van der Waals surface area contributed by atoms with Crippen LogP contribution in [-0.4, -0.2) is 29.1 Å². The summed E-state index contributed by atoms with van der Waals surface area (Å²) in [5.74, 6) is 0.440. The van der Waals surface area contributed by atoms with E-state index in [4.69, 9.17) is 4.42 Å². The predicted molar refractivity (Wildman–Crippen MR) is 72.8 cm³/mol. The number of nitrogens with zero attached hydrogens (tertiary/aromatic N) is 1. The van der Waals surface area contributed by atoms with Crippen molar-refractivity contribution >= 4 is 5.97 Å². The van der Waals surface area contributed by atoms with E-state index in [0.29, 0.717) is 0 Å². The lowest BCUT2D eigenvalue weighted by Gasteiger charge is -2.41. The van der Waals surface area contributed by atoms with Crippen molar-refractivity contribution in [1.29, 1.82) is 0 Å². The fraction of sp³-hybridized carbons (Fsp3) is 0.667. The number of hydrogen-bond acceptors (Lipinski definition) is 3. The Morgan fingerprint density at radius 1 is 1.58 bits per heavy atom. The lowest BCUT2D eigenvalue weighted by atomic mass is 9.74. The van der Waals surface area contributed by atoms with Crippen LogP contribution in [0.15, 0.2) is 22.8 Å². The highest BCUT2D eigenvalue weighted by Crippen LogP contribution is 2.36. The Balaban J connectivity index is 2.07. The zero-order chi connectivity index (χ0) is 14.0. The van der Waals surface area contributed by atoms with Gasteiger partial charge in [-0.25, -0.2) is 0 Å². The Morgan fingerprint density at radius 3 is 2.89 bits per heavy atom. The zero-order valence-electron chi connectivity index (χ0n) is 11.9. The molecular formula is C15H23NO3. The topological polar surface area (TPSA) is 53.7 Å². The fourth-order valence-electron chi connectivity index (χ4n) is 2.83. The second kappa shape index (κ2) is 5.37. The molecule has 106 valence electrons. The average Bonchev–Trinajstić information content (AvgIpc) is 2.91. The van der Waals surface area contributed by atoms with Crippen LogP contribution < -0.4 is 0 Å². The molecule has 0 amide bonds. The smallest absolute Gasteiger partial charge is 0.309 e. The maximum Gasteiger partial charge on any atom is 0.309 e. The summed E-state index contributed by atoms with van der Waals surface area (Å²) in [6.45, 7) is 7.62. The molecule has 4 nitrogen and oxygen atoms in total. The van der Waals surface area contributed by atoms with Crippen LogP contribution in [0.2, 0.25) is 0 Å². The first kappa shape index (κ1) is 14.1. The molecule has 0 radical (unpaired) electrons. The highest BCUT2D eigenvalue weighted by molar-refractivity contribution is 5.74. The number of aliphatic carboxylic acids is 1. The first-order valence-electron chi connectivity index (χ1n) is 6.93.